The first-order chi connectivity index (χ1) is 9.11. The molecule has 3 aliphatic rings. The number of hydrogen-bond donors (Lipinski definition) is 0. The minimum Gasteiger partial charge on any atom is -0.463 e. The number of esters is 1. The van der Waals surface area contributed by atoms with Crippen molar-refractivity contribution >= 4 is 11.8 Å². The van der Waals surface area contributed by atoms with Crippen LogP contribution in [0.5, 0.6) is 0 Å². The lowest BCUT2D eigenvalue weighted by Gasteiger charge is -2.29. The molecule has 0 saturated heterocycles. The molecule has 4 nitrogen and oxygen atoms in total. The fraction of sp³-hybridized carbons (Fsp3) is 0.733. The second-order valence-electron chi connectivity index (χ2n) is 5.94. The summed E-state index contributed by atoms with van der Waals surface area (Å²) in [5, 5.41) is 0. The molecule has 0 N–H and O–H groups in total. The van der Waals surface area contributed by atoms with E-state index in [1.54, 1.807) is 14.0 Å². The summed E-state index contributed by atoms with van der Waals surface area (Å²) in [6, 6.07) is 0. The Balaban J connectivity index is 1.95. The Morgan fingerprint density at radius 3 is 2.74 bits per heavy atom. The Morgan fingerprint density at radius 1 is 1.42 bits per heavy atom. The summed E-state index contributed by atoms with van der Waals surface area (Å²) in [5.74, 6) is -0.00234. The number of carbonyl (C=O) groups excluding carboxylic acids is 2. The van der Waals surface area contributed by atoms with E-state index in [-0.39, 0.29) is 28.5 Å². The highest BCUT2D eigenvalue weighted by atomic mass is 16.5. The summed E-state index contributed by atoms with van der Waals surface area (Å²) < 4.78 is 10.3. The zero-order valence-electron chi connectivity index (χ0n) is 11.5. The van der Waals surface area contributed by atoms with Crippen LogP contribution in [0.25, 0.3) is 0 Å². The summed E-state index contributed by atoms with van der Waals surface area (Å²) in [5.41, 5.74) is 0.433. The van der Waals surface area contributed by atoms with E-state index in [0.29, 0.717) is 18.8 Å². The van der Waals surface area contributed by atoms with E-state index in [4.69, 9.17) is 9.47 Å². The van der Waals surface area contributed by atoms with E-state index in [0.717, 1.165) is 25.7 Å². The first-order valence-electron chi connectivity index (χ1n) is 7.03. The molecule has 0 aliphatic heterocycles. The molecule has 0 aromatic carbocycles. The fourth-order valence-corrected chi connectivity index (χ4v) is 4.44. The van der Waals surface area contributed by atoms with Gasteiger partial charge in [0, 0.05) is 18.8 Å². The second-order valence-corrected chi connectivity index (χ2v) is 5.94. The third-order valence-corrected chi connectivity index (χ3v) is 5.29. The van der Waals surface area contributed by atoms with Crippen molar-refractivity contribution < 1.29 is 19.1 Å². The molecular weight excluding hydrogens is 244 g/mol. The van der Waals surface area contributed by atoms with E-state index < -0.39 is 0 Å². The van der Waals surface area contributed by atoms with Crippen molar-refractivity contribution in [3.05, 3.63) is 11.6 Å². The van der Waals surface area contributed by atoms with Gasteiger partial charge >= 0.3 is 5.97 Å². The average Bonchev–Trinajstić information content (AvgIpc) is 3.07. The Hall–Kier alpha value is -1.16. The smallest absolute Gasteiger partial charge is 0.331 e. The Morgan fingerprint density at radius 2 is 2.16 bits per heavy atom. The van der Waals surface area contributed by atoms with Crippen LogP contribution < -0.4 is 0 Å². The van der Waals surface area contributed by atoms with Gasteiger partial charge in [0.1, 0.15) is 0 Å². The summed E-state index contributed by atoms with van der Waals surface area (Å²) in [6.07, 6.45) is 5.53. The molecule has 2 atom stereocenters. The third-order valence-electron chi connectivity index (χ3n) is 5.29. The van der Waals surface area contributed by atoms with E-state index in [2.05, 4.69) is 0 Å². The molecule has 0 aromatic rings. The molecule has 19 heavy (non-hydrogen) atoms. The molecule has 104 valence electrons. The minimum atomic E-state index is -0.387. The van der Waals surface area contributed by atoms with Crippen molar-refractivity contribution in [2.75, 3.05) is 20.3 Å². The molecule has 3 fully saturated rings. The van der Waals surface area contributed by atoms with Crippen LogP contribution in [-0.4, -0.2) is 32.1 Å². The maximum absolute atomic E-state index is 12.7. The maximum Gasteiger partial charge on any atom is 0.331 e. The Bertz CT molecular complexity index is 461. The Labute approximate surface area is 113 Å². The molecule has 0 radical (unpaired) electrons. The maximum atomic E-state index is 12.7. The highest BCUT2D eigenvalue weighted by molar-refractivity contribution is 6.09. The van der Waals surface area contributed by atoms with Gasteiger partial charge in [0.2, 0.25) is 0 Å². The van der Waals surface area contributed by atoms with Gasteiger partial charge in [-0.15, -0.1) is 0 Å². The van der Waals surface area contributed by atoms with E-state index >= 15 is 0 Å². The van der Waals surface area contributed by atoms with Gasteiger partial charge in [0.05, 0.1) is 18.6 Å². The van der Waals surface area contributed by atoms with Crippen LogP contribution in [0.1, 0.15) is 32.6 Å². The largest absolute Gasteiger partial charge is 0.463 e. The van der Waals surface area contributed by atoms with Crippen molar-refractivity contribution in [1.29, 1.82) is 0 Å². The molecule has 0 heterocycles. The lowest BCUT2D eigenvalue weighted by molar-refractivity contribution is -0.138. The molecule has 2 bridgehead atoms. The second kappa shape index (κ2) is 4.17. The zero-order chi connectivity index (χ0) is 13.7. The molecule has 3 saturated carbocycles. The normalized spacial score (nSPS) is 36.2. The van der Waals surface area contributed by atoms with E-state index in [1.165, 1.54) is 6.08 Å². The molecule has 1 spiro atoms. The van der Waals surface area contributed by atoms with Gasteiger partial charge in [-0.05, 0) is 43.9 Å². The number of ether oxygens (including phenoxy) is 2. The summed E-state index contributed by atoms with van der Waals surface area (Å²) in [6.45, 7) is 2.60. The van der Waals surface area contributed by atoms with Crippen LogP contribution in [0.3, 0.4) is 0 Å². The minimum absolute atomic E-state index is 0.0957. The van der Waals surface area contributed by atoms with Crippen LogP contribution in [-0.2, 0) is 19.1 Å². The van der Waals surface area contributed by atoms with Crippen LogP contribution in [0.2, 0.25) is 0 Å². The molecule has 4 heteroatoms. The van der Waals surface area contributed by atoms with Crippen molar-refractivity contribution in [2.24, 2.45) is 16.7 Å². The predicted octanol–water partition coefficient (Wildman–Crippen LogP) is 1.88. The van der Waals surface area contributed by atoms with Gasteiger partial charge in [0.15, 0.2) is 5.78 Å². The summed E-state index contributed by atoms with van der Waals surface area (Å²) >= 11 is 0. The molecule has 3 rings (SSSR count). The number of carbonyl (C=O) groups is 2. The van der Waals surface area contributed by atoms with Crippen molar-refractivity contribution in [3.8, 4) is 0 Å². The lowest BCUT2D eigenvalue weighted by atomic mass is 9.76. The number of hydrogen-bond acceptors (Lipinski definition) is 4. The highest BCUT2D eigenvalue weighted by Gasteiger charge is 2.75. The van der Waals surface area contributed by atoms with Gasteiger partial charge in [-0.25, -0.2) is 4.79 Å². The lowest BCUT2D eigenvalue weighted by Crippen LogP contribution is -2.36. The van der Waals surface area contributed by atoms with Crippen molar-refractivity contribution in [1.82, 2.24) is 0 Å². The van der Waals surface area contributed by atoms with Crippen LogP contribution in [0.15, 0.2) is 11.6 Å². The number of Topliss-reactive ketones (excluding diaryl/α,β-unsaturated/α-hetero) is 1. The van der Waals surface area contributed by atoms with E-state index in [9.17, 15) is 9.59 Å². The van der Waals surface area contributed by atoms with Crippen LogP contribution in [0.4, 0.5) is 0 Å². The zero-order valence-corrected chi connectivity index (χ0v) is 11.5. The molecule has 2 unspecified atom stereocenters. The van der Waals surface area contributed by atoms with Gasteiger partial charge < -0.3 is 9.47 Å². The van der Waals surface area contributed by atoms with Gasteiger partial charge in [-0.2, -0.15) is 0 Å². The van der Waals surface area contributed by atoms with Crippen molar-refractivity contribution in [3.63, 3.8) is 0 Å². The van der Waals surface area contributed by atoms with Gasteiger partial charge in [0.25, 0.3) is 0 Å². The number of ketones is 1. The Kier molecular flexibility index (Phi) is 2.82. The quantitative estimate of drug-likeness (QED) is 0.574. The first-order valence-corrected chi connectivity index (χ1v) is 7.03. The first kappa shape index (κ1) is 12.9. The number of rotatable bonds is 4. The molecule has 0 aromatic heterocycles. The van der Waals surface area contributed by atoms with Gasteiger partial charge in [-0.3, -0.25) is 4.79 Å². The summed E-state index contributed by atoms with van der Waals surface area (Å²) in [4.78, 5) is 24.4. The van der Waals surface area contributed by atoms with E-state index in [1.807, 2.05) is 0 Å². The predicted molar refractivity (Wildman–Crippen MR) is 68.4 cm³/mol. The van der Waals surface area contributed by atoms with Gasteiger partial charge in [-0.1, -0.05) is 0 Å². The van der Waals surface area contributed by atoms with Crippen LogP contribution in [0, 0.1) is 16.7 Å². The van der Waals surface area contributed by atoms with Crippen LogP contribution >= 0.6 is 0 Å². The topological polar surface area (TPSA) is 52.6 Å². The van der Waals surface area contributed by atoms with Crippen molar-refractivity contribution in [2.45, 2.75) is 32.6 Å². The monoisotopic (exact) mass is 264 g/mol. The molecule has 0 amide bonds. The number of methoxy groups -OCH3 is 1. The molecular formula is C15H20O4. The average molecular weight is 264 g/mol. The summed E-state index contributed by atoms with van der Waals surface area (Å²) in [7, 11) is 1.65. The SMILES string of the molecule is CCOC(=O)/C=C1\C(=O)C2(COC)CCC1C21CC1. The third kappa shape index (κ3) is 1.49. The standard InChI is InChI=1S/C15H20O4/c1-3-19-12(16)8-10-11-4-5-15(9-18-2,13(10)17)14(11)6-7-14/h8,11H,3-7,9H2,1-2H3/b10-8-. The fourth-order valence-electron chi connectivity index (χ4n) is 4.44. The number of allylic oxidation sites excluding steroid dienone is 1. The highest BCUT2D eigenvalue weighted by Crippen LogP contribution is 2.77. The molecule has 3 aliphatic carbocycles.